The fourth-order valence-corrected chi connectivity index (χ4v) is 5.00. The predicted octanol–water partition coefficient (Wildman–Crippen LogP) is 4.10. The summed E-state index contributed by atoms with van der Waals surface area (Å²) in [6, 6.07) is 16.3. The molecule has 1 aliphatic carbocycles. The van der Waals surface area contributed by atoms with E-state index in [-0.39, 0.29) is 17.7 Å². The van der Waals surface area contributed by atoms with Crippen LogP contribution in [0, 0.1) is 12.8 Å². The Morgan fingerprint density at radius 3 is 2.51 bits per heavy atom. The van der Waals surface area contributed by atoms with Crippen LogP contribution >= 0.6 is 0 Å². The van der Waals surface area contributed by atoms with Gasteiger partial charge in [-0.05, 0) is 56.0 Å². The van der Waals surface area contributed by atoms with Gasteiger partial charge in [0.25, 0.3) is 0 Å². The lowest BCUT2D eigenvalue weighted by Crippen LogP contribution is -2.38. The second-order valence-corrected chi connectivity index (χ2v) is 9.90. The fraction of sp³-hybridized carbons (Fsp3) is 0.517. The van der Waals surface area contributed by atoms with Gasteiger partial charge in [0.05, 0.1) is 26.2 Å². The molecule has 0 bridgehead atoms. The maximum absolute atomic E-state index is 13.5. The molecule has 2 aliphatic rings. The number of amides is 2. The minimum Gasteiger partial charge on any atom is -0.379 e. The average molecular weight is 478 g/mol. The Balaban J connectivity index is 1.37. The van der Waals surface area contributed by atoms with Gasteiger partial charge in [-0.3, -0.25) is 14.5 Å². The molecule has 1 saturated carbocycles. The second kappa shape index (κ2) is 12.8. The zero-order chi connectivity index (χ0) is 24.5. The maximum atomic E-state index is 13.5. The molecule has 2 amide bonds. The predicted molar refractivity (Wildman–Crippen MR) is 139 cm³/mol. The van der Waals surface area contributed by atoms with Crippen molar-refractivity contribution in [2.24, 2.45) is 5.92 Å². The van der Waals surface area contributed by atoms with Crippen LogP contribution < -0.4 is 10.2 Å². The molecular formula is C29H39N3O3. The zero-order valence-corrected chi connectivity index (χ0v) is 21.0. The van der Waals surface area contributed by atoms with Gasteiger partial charge in [-0.15, -0.1) is 0 Å². The van der Waals surface area contributed by atoms with E-state index >= 15 is 0 Å². The third-order valence-electron chi connectivity index (χ3n) is 7.10. The van der Waals surface area contributed by atoms with Gasteiger partial charge in [-0.25, -0.2) is 0 Å². The van der Waals surface area contributed by atoms with Gasteiger partial charge in [0, 0.05) is 31.2 Å². The number of benzene rings is 2. The topological polar surface area (TPSA) is 61.9 Å². The third kappa shape index (κ3) is 7.64. The number of nitrogens with one attached hydrogen (secondary N) is 1. The van der Waals surface area contributed by atoms with E-state index in [1.807, 2.05) is 29.2 Å². The normalized spacial score (nSPS) is 16.8. The highest BCUT2D eigenvalue weighted by Crippen LogP contribution is 2.30. The largest absolute Gasteiger partial charge is 0.379 e. The van der Waals surface area contributed by atoms with E-state index < -0.39 is 0 Å². The molecule has 6 heteroatoms. The maximum Gasteiger partial charge on any atom is 0.230 e. The molecule has 1 N–H and O–H groups in total. The Hall–Kier alpha value is -2.70. The van der Waals surface area contributed by atoms with E-state index in [1.54, 1.807) is 0 Å². The van der Waals surface area contributed by atoms with E-state index in [9.17, 15) is 9.59 Å². The summed E-state index contributed by atoms with van der Waals surface area (Å²) in [5.74, 6) is 0.322. The first kappa shape index (κ1) is 25.4. The van der Waals surface area contributed by atoms with Gasteiger partial charge in [0.15, 0.2) is 0 Å². The molecule has 0 atom stereocenters. The standard InChI is InChI=1S/C29H39N3O3/c1-23-10-12-24(13-11-23)22-32(29(34)26-7-2-3-8-26)27-9-4-6-25(20-27)21-28(33)30-14-5-15-31-16-18-35-19-17-31/h4,6,9-13,20,26H,2-3,5,7-8,14-19,21-22H2,1H3,(H,30,33). The van der Waals surface area contributed by atoms with Gasteiger partial charge in [-0.2, -0.15) is 0 Å². The van der Waals surface area contributed by atoms with Crippen LogP contribution in [-0.2, 0) is 27.3 Å². The van der Waals surface area contributed by atoms with Crippen LogP contribution in [0.25, 0.3) is 0 Å². The van der Waals surface area contributed by atoms with Gasteiger partial charge in [-0.1, -0.05) is 54.8 Å². The number of carbonyl (C=O) groups excluding carboxylic acids is 2. The number of ether oxygens (including phenoxy) is 1. The van der Waals surface area contributed by atoms with E-state index in [1.165, 1.54) is 5.56 Å². The number of rotatable bonds is 10. The fourth-order valence-electron chi connectivity index (χ4n) is 5.00. The summed E-state index contributed by atoms with van der Waals surface area (Å²) in [5, 5.41) is 3.05. The molecule has 2 fully saturated rings. The van der Waals surface area contributed by atoms with Crippen molar-refractivity contribution in [3.8, 4) is 0 Å². The van der Waals surface area contributed by atoms with Crippen LogP contribution in [0.3, 0.4) is 0 Å². The van der Waals surface area contributed by atoms with E-state index in [0.29, 0.717) is 19.5 Å². The number of carbonyl (C=O) groups is 2. The van der Waals surface area contributed by atoms with E-state index in [0.717, 1.165) is 81.8 Å². The monoisotopic (exact) mass is 477 g/mol. The number of hydrogen-bond acceptors (Lipinski definition) is 4. The summed E-state index contributed by atoms with van der Waals surface area (Å²) in [7, 11) is 0. The molecule has 1 aliphatic heterocycles. The van der Waals surface area contributed by atoms with Crippen molar-refractivity contribution in [3.63, 3.8) is 0 Å². The van der Waals surface area contributed by atoms with E-state index in [4.69, 9.17) is 4.74 Å². The smallest absolute Gasteiger partial charge is 0.230 e. The molecule has 6 nitrogen and oxygen atoms in total. The number of hydrogen-bond donors (Lipinski definition) is 1. The van der Waals surface area contributed by atoms with Crippen molar-refractivity contribution in [2.45, 2.75) is 52.0 Å². The Morgan fingerprint density at radius 1 is 1.03 bits per heavy atom. The van der Waals surface area contributed by atoms with Crippen molar-refractivity contribution < 1.29 is 14.3 Å². The van der Waals surface area contributed by atoms with Crippen LogP contribution in [-0.4, -0.2) is 56.1 Å². The lowest BCUT2D eigenvalue weighted by atomic mass is 10.0. The highest BCUT2D eigenvalue weighted by atomic mass is 16.5. The van der Waals surface area contributed by atoms with Crippen molar-refractivity contribution in [1.29, 1.82) is 0 Å². The van der Waals surface area contributed by atoms with Gasteiger partial charge in [0.2, 0.25) is 11.8 Å². The van der Waals surface area contributed by atoms with Crippen molar-refractivity contribution in [1.82, 2.24) is 10.2 Å². The lowest BCUT2D eigenvalue weighted by molar-refractivity contribution is -0.122. The van der Waals surface area contributed by atoms with Crippen molar-refractivity contribution in [2.75, 3.05) is 44.3 Å². The first-order chi connectivity index (χ1) is 17.1. The lowest BCUT2D eigenvalue weighted by Gasteiger charge is -2.27. The molecule has 35 heavy (non-hydrogen) atoms. The molecule has 0 radical (unpaired) electrons. The van der Waals surface area contributed by atoms with E-state index in [2.05, 4.69) is 41.4 Å². The summed E-state index contributed by atoms with van der Waals surface area (Å²) in [6.45, 7) is 7.82. The minimum absolute atomic E-state index is 0.0244. The summed E-state index contributed by atoms with van der Waals surface area (Å²) < 4.78 is 5.38. The van der Waals surface area contributed by atoms with Crippen LogP contribution in [0.1, 0.15) is 48.8 Å². The summed E-state index contributed by atoms with van der Waals surface area (Å²) >= 11 is 0. The quantitative estimate of drug-likeness (QED) is 0.524. The number of aryl methyl sites for hydroxylation is 1. The Bertz CT molecular complexity index is 963. The zero-order valence-electron chi connectivity index (χ0n) is 21.0. The van der Waals surface area contributed by atoms with Gasteiger partial charge in [0.1, 0.15) is 0 Å². The molecule has 0 aromatic heterocycles. The first-order valence-electron chi connectivity index (χ1n) is 13.1. The van der Waals surface area contributed by atoms with Gasteiger partial charge < -0.3 is 15.0 Å². The molecular weight excluding hydrogens is 438 g/mol. The Kier molecular flexibility index (Phi) is 9.32. The Labute approximate surface area is 209 Å². The average Bonchev–Trinajstić information content (AvgIpc) is 3.42. The molecule has 1 saturated heterocycles. The molecule has 1 heterocycles. The minimum atomic E-state index is 0.0244. The summed E-state index contributed by atoms with van der Waals surface area (Å²) in [6.07, 6.45) is 5.44. The van der Waals surface area contributed by atoms with Crippen molar-refractivity contribution in [3.05, 3.63) is 65.2 Å². The first-order valence-corrected chi connectivity index (χ1v) is 13.1. The molecule has 0 spiro atoms. The van der Waals surface area contributed by atoms with Crippen LogP contribution in [0.15, 0.2) is 48.5 Å². The van der Waals surface area contributed by atoms with Crippen LogP contribution in [0.5, 0.6) is 0 Å². The SMILES string of the molecule is Cc1ccc(CN(C(=O)C2CCCC2)c2cccc(CC(=O)NCCCN3CCOCC3)c2)cc1. The van der Waals surface area contributed by atoms with Crippen LogP contribution in [0.4, 0.5) is 5.69 Å². The molecule has 0 unspecified atom stereocenters. The third-order valence-corrected chi connectivity index (χ3v) is 7.10. The highest BCUT2D eigenvalue weighted by Gasteiger charge is 2.28. The van der Waals surface area contributed by atoms with Crippen molar-refractivity contribution >= 4 is 17.5 Å². The van der Waals surface area contributed by atoms with Crippen LogP contribution in [0.2, 0.25) is 0 Å². The van der Waals surface area contributed by atoms with Gasteiger partial charge >= 0.3 is 0 Å². The summed E-state index contributed by atoms with van der Waals surface area (Å²) in [4.78, 5) is 30.4. The number of nitrogens with zero attached hydrogens (tertiary/aromatic N) is 2. The highest BCUT2D eigenvalue weighted by molar-refractivity contribution is 5.95. The Morgan fingerprint density at radius 2 is 1.77 bits per heavy atom. The molecule has 2 aromatic rings. The number of anilines is 1. The molecule has 2 aromatic carbocycles. The molecule has 4 rings (SSSR count). The molecule has 188 valence electrons. The summed E-state index contributed by atoms with van der Waals surface area (Å²) in [5.41, 5.74) is 4.13. The second-order valence-electron chi connectivity index (χ2n) is 9.90. The number of morpholine rings is 1.